The van der Waals surface area contributed by atoms with Crippen LogP contribution in [0, 0.1) is 15.9 Å². The molecule has 1 aromatic carbocycles. The molecule has 0 unspecified atom stereocenters. The van der Waals surface area contributed by atoms with Crippen LogP contribution < -0.4 is 5.32 Å². The minimum absolute atomic E-state index is 0.166. The van der Waals surface area contributed by atoms with Gasteiger partial charge in [-0.1, -0.05) is 12.2 Å². The number of carbonyl (C=O) groups excluding carboxylic acids is 1. The van der Waals surface area contributed by atoms with E-state index in [0.717, 1.165) is 18.2 Å². The fourth-order valence-electron chi connectivity index (χ4n) is 1.24. The van der Waals surface area contributed by atoms with Crippen molar-refractivity contribution in [3.63, 3.8) is 0 Å². The number of amides is 1. The highest BCUT2D eigenvalue weighted by Gasteiger charge is 2.20. The maximum absolute atomic E-state index is 13.0. The fourth-order valence-corrected chi connectivity index (χ4v) is 1.37. The lowest BCUT2D eigenvalue weighted by Crippen LogP contribution is -2.24. The minimum Gasteiger partial charge on any atom is -0.348 e. The number of carbonyl (C=O) groups is 1. The first-order valence-electron chi connectivity index (χ1n) is 4.99. The number of halogens is 2. The molecule has 1 N–H and O–H groups in total. The molecule has 7 heteroatoms. The van der Waals surface area contributed by atoms with Crippen molar-refractivity contribution in [2.45, 2.75) is 0 Å². The molecular formula is C11H10ClFN2O3. The number of nitro groups is 1. The van der Waals surface area contributed by atoms with E-state index in [1.54, 1.807) is 12.2 Å². The summed E-state index contributed by atoms with van der Waals surface area (Å²) in [6.07, 6.45) is 3.21. The second-order valence-corrected chi connectivity index (χ2v) is 3.56. The lowest BCUT2D eigenvalue weighted by Gasteiger charge is -2.03. The van der Waals surface area contributed by atoms with Crippen LogP contribution in [0.25, 0.3) is 0 Å². The Kier molecular flexibility index (Phi) is 5.26. The van der Waals surface area contributed by atoms with Gasteiger partial charge in [0.2, 0.25) is 0 Å². The number of allylic oxidation sites excluding steroid dienone is 1. The first-order valence-corrected chi connectivity index (χ1v) is 5.53. The van der Waals surface area contributed by atoms with E-state index < -0.39 is 22.3 Å². The van der Waals surface area contributed by atoms with Crippen LogP contribution in [0.3, 0.4) is 0 Å². The summed E-state index contributed by atoms with van der Waals surface area (Å²) < 4.78 is 13.0. The molecule has 0 atom stereocenters. The van der Waals surface area contributed by atoms with Crippen molar-refractivity contribution < 1.29 is 14.1 Å². The average Bonchev–Trinajstić information content (AvgIpc) is 2.34. The van der Waals surface area contributed by atoms with E-state index in [1.807, 2.05) is 0 Å². The van der Waals surface area contributed by atoms with Gasteiger partial charge in [-0.25, -0.2) is 4.39 Å². The largest absolute Gasteiger partial charge is 0.348 e. The van der Waals surface area contributed by atoms with Crippen LogP contribution in [0.1, 0.15) is 10.4 Å². The van der Waals surface area contributed by atoms with Crippen molar-refractivity contribution in [1.29, 1.82) is 0 Å². The third-order valence-electron chi connectivity index (χ3n) is 2.04. The Hall–Kier alpha value is -1.95. The van der Waals surface area contributed by atoms with Crippen molar-refractivity contribution >= 4 is 23.2 Å². The van der Waals surface area contributed by atoms with Gasteiger partial charge in [-0.3, -0.25) is 14.9 Å². The summed E-state index contributed by atoms with van der Waals surface area (Å²) in [7, 11) is 0. The van der Waals surface area contributed by atoms with Crippen LogP contribution in [0.4, 0.5) is 10.1 Å². The monoisotopic (exact) mass is 272 g/mol. The number of hydrogen-bond donors (Lipinski definition) is 1. The standard InChI is InChI=1S/C11H10ClFN2O3/c12-5-1-2-6-14-11(16)9-7-8(13)3-4-10(9)15(17)18/h1-4,7H,5-6H2,(H,14,16)/b2-1+. The number of nitrogens with one attached hydrogen (secondary N) is 1. The van der Waals surface area contributed by atoms with Crippen LogP contribution in [-0.4, -0.2) is 23.3 Å². The van der Waals surface area contributed by atoms with E-state index in [9.17, 15) is 19.3 Å². The molecule has 0 aliphatic heterocycles. The Morgan fingerprint density at radius 2 is 2.22 bits per heavy atom. The van der Waals surface area contributed by atoms with Crippen LogP contribution in [0.2, 0.25) is 0 Å². The smallest absolute Gasteiger partial charge is 0.282 e. The molecule has 1 amide bonds. The molecule has 0 heterocycles. The number of alkyl halides is 1. The number of rotatable bonds is 5. The average molecular weight is 273 g/mol. The molecule has 18 heavy (non-hydrogen) atoms. The predicted molar refractivity (Wildman–Crippen MR) is 65.2 cm³/mol. The quantitative estimate of drug-likeness (QED) is 0.387. The molecule has 1 aromatic rings. The van der Waals surface area contributed by atoms with E-state index in [2.05, 4.69) is 5.32 Å². The Morgan fingerprint density at radius 1 is 1.50 bits per heavy atom. The van der Waals surface area contributed by atoms with Gasteiger partial charge in [0.1, 0.15) is 11.4 Å². The Balaban J connectivity index is 2.87. The molecule has 5 nitrogen and oxygen atoms in total. The summed E-state index contributed by atoms with van der Waals surface area (Å²) >= 11 is 5.38. The van der Waals surface area contributed by atoms with E-state index in [-0.39, 0.29) is 12.1 Å². The zero-order valence-electron chi connectivity index (χ0n) is 9.23. The van der Waals surface area contributed by atoms with Gasteiger partial charge in [0.15, 0.2) is 0 Å². The molecular weight excluding hydrogens is 263 g/mol. The molecule has 0 fully saturated rings. The maximum Gasteiger partial charge on any atom is 0.282 e. The zero-order chi connectivity index (χ0) is 13.5. The van der Waals surface area contributed by atoms with Crippen molar-refractivity contribution in [3.05, 3.63) is 51.8 Å². The van der Waals surface area contributed by atoms with Crippen LogP contribution >= 0.6 is 11.6 Å². The third kappa shape index (κ3) is 3.81. The third-order valence-corrected chi connectivity index (χ3v) is 2.21. The molecule has 0 spiro atoms. The number of hydrogen-bond acceptors (Lipinski definition) is 3. The van der Waals surface area contributed by atoms with Crippen LogP contribution in [0.15, 0.2) is 30.4 Å². The molecule has 0 aliphatic carbocycles. The summed E-state index contributed by atoms with van der Waals surface area (Å²) in [6, 6.07) is 2.72. The highest BCUT2D eigenvalue weighted by atomic mass is 35.5. The van der Waals surface area contributed by atoms with E-state index >= 15 is 0 Å². The summed E-state index contributed by atoms with van der Waals surface area (Å²) in [4.78, 5) is 21.6. The van der Waals surface area contributed by atoms with Gasteiger partial charge in [0.25, 0.3) is 11.6 Å². The van der Waals surface area contributed by atoms with E-state index in [1.165, 1.54) is 0 Å². The normalized spacial score (nSPS) is 10.6. The first kappa shape index (κ1) is 14.1. The molecule has 0 aromatic heterocycles. The van der Waals surface area contributed by atoms with Crippen LogP contribution in [0.5, 0.6) is 0 Å². The minimum atomic E-state index is -0.733. The number of nitrogens with zero attached hydrogens (tertiary/aromatic N) is 1. The molecule has 96 valence electrons. The number of benzene rings is 1. The maximum atomic E-state index is 13.0. The summed E-state index contributed by atoms with van der Waals surface area (Å²) in [5, 5.41) is 13.1. The molecule has 0 saturated carbocycles. The second kappa shape index (κ2) is 6.70. The zero-order valence-corrected chi connectivity index (χ0v) is 9.98. The van der Waals surface area contributed by atoms with Crippen molar-refractivity contribution in [1.82, 2.24) is 5.32 Å². The van der Waals surface area contributed by atoms with Gasteiger partial charge in [-0.2, -0.15) is 0 Å². The lowest BCUT2D eigenvalue weighted by molar-refractivity contribution is -0.385. The van der Waals surface area contributed by atoms with Gasteiger partial charge in [0.05, 0.1) is 4.92 Å². The van der Waals surface area contributed by atoms with Gasteiger partial charge in [-0.15, -0.1) is 11.6 Å². The topological polar surface area (TPSA) is 72.2 Å². The molecule has 0 bridgehead atoms. The van der Waals surface area contributed by atoms with E-state index in [4.69, 9.17) is 11.6 Å². The summed E-state index contributed by atoms with van der Waals surface area (Å²) in [6.45, 7) is 0.166. The molecule has 0 aliphatic rings. The van der Waals surface area contributed by atoms with Crippen molar-refractivity contribution in [2.75, 3.05) is 12.4 Å². The van der Waals surface area contributed by atoms with Gasteiger partial charge in [-0.05, 0) is 12.1 Å². The van der Waals surface area contributed by atoms with Gasteiger partial charge in [0, 0.05) is 18.5 Å². The first-order chi connectivity index (χ1) is 8.56. The lowest BCUT2D eigenvalue weighted by atomic mass is 10.1. The van der Waals surface area contributed by atoms with E-state index in [0.29, 0.717) is 5.88 Å². The molecule has 0 radical (unpaired) electrons. The van der Waals surface area contributed by atoms with Crippen molar-refractivity contribution in [2.24, 2.45) is 0 Å². The van der Waals surface area contributed by atoms with Crippen LogP contribution in [-0.2, 0) is 0 Å². The Labute approximate surface area is 107 Å². The van der Waals surface area contributed by atoms with Gasteiger partial charge >= 0.3 is 0 Å². The highest BCUT2D eigenvalue weighted by Crippen LogP contribution is 2.19. The molecule has 1 rings (SSSR count). The highest BCUT2D eigenvalue weighted by molar-refractivity contribution is 6.18. The van der Waals surface area contributed by atoms with Gasteiger partial charge < -0.3 is 5.32 Å². The molecule has 0 saturated heterocycles. The SMILES string of the molecule is O=C(NC/C=C/CCl)c1cc(F)ccc1[N+](=O)[O-]. The summed E-state index contributed by atoms with van der Waals surface area (Å²) in [5.74, 6) is -1.11. The Morgan fingerprint density at radius 3 is 2.83 bits per heavy atom. The number of nitro benzene ring substituents is 1. The fraction of sp³-hybridized carbons (Fsp3) is 0.182. The van der Waals surface area contributed by atoms with Crippen molar-refractivity contribution in [3.8, 4) is 0 Å². The predicted octanol–water partition coefficient (Wildman–Crippen LogP) is 2.26. The second-order valence-electron chi connectivity index (χ2n) is 3.25. The summed E-state index contributed by atoms with van der Waals surface area (Å²) in [5.41, 5.74) is -0.741. The Bertz CT molecular complexity index is 491.